The van der Waals surface area contributed by atoms with Gasteiger partial charge in [0.25, 0.3) is 0 Å². The number of pyridine rings is 1. The number of nitrogens with zero attached hydrogens (tertiary/aromatic N) is 5. The van der Waals surface area contributed by atoms with Crippen molar-refractivity contribution in [3.8, 4) is 11.3 Å². The first-order valence-electron chi connectivity index (χ1n) is 11.5. The minimum absolute atomic E-state index is 0.336. The van der Waals surface area contributed by atoms with Crippen molar-refractivity contribution in [2.45, 2.75) is 12.7 Å². The summed E-state index contributed by atoms with van der Waals surface area (Å²) in [5.74, 6) is -0.551. The molecular weight excluding hydrogens is 516 g/mol. The van der Waals surface area contributed by atoms with Crippen LogP contribution in [0.5, 0.6) is 0 Å². The molecule has 5 aromatic rings. The van der Waals surface area contributed by atoms with E-state index in [2.05, 4.69) is 36.0 Å². The summed E-state index contributed by atoms with van der Waals surface area (Å²) in [5, 5.41) is 13.0. The monoisotopic (exact) mass is 536 g/mol. The van der Waals surface area contributed by atoms with Crippen LogP contribution >= 0.6 is 0 Å². The van der Waals surface area contributed by atoms with Gasteiger partial charge in [-0.25, -0.2) is 18.9 Å². The number of fused-ring (bicyclic) bond motifs is 1. The number of hydrogen-bond donors (Lipinski definition) is 3. The Kier molecular flexibility index (Phi) is 6.79. The van der Waals surface area contributed by atoms with Crippen molar-refractivity contribution in [1.82, 2.24) is 24.7 Å². The van der Waals surface area contributed by atoms with E-state index in [1.54, 1.807) is 54.6 Å². The van der Waals surface area contributed by atoms with Crippen LogP contribution < -0.4 is 16.0 Å². The van der Waals surface area contributed by atoms with E-state index in [9.17, 15) is 22.4 Å². The summed E-state index contributed by atoms with van der Waals surface area (Å²) >= 11 is 0. The third-order valence-electron chi connectivity index (χ3n) is 5.74. The van der Waals surface area contributed by atoms with Crippen LogP contribution in [0.3, 0.4) is 0 Å². The smallest absolute Gasteiger partial charge is 0.350 e. The van der Waals surface area contributed by atoms with E-state index in [-0.39, 0.29) is 0 Å². The van der Waals surface area contributed by atoms with Crippen molar-refractivity contribution < 1.29 is 22.4 Å². The number of amides is 2. The molecule has 3 N–H and O–H groups in total. The van der Waals surface area contributed by atoms with Gasteiger partial charge >= 0.3 is 12.2 Å². The molecule has 0 aliphatic heterocycles. The van der Waals surface area contributed by atoms with Crippen LogP contribution in [0.15, 0.2) is 73.2 Å². The highest BCUT2D eigenvalue weighted by atomic mass is 19.4. The van der Waals surface area contributed by atoms with Crippen molar-refractivity contribution in [2.75, 3.05) is 16.0 Å². The van der Waals surface area contributed by atoms with Crippen molar-refractivity contribution in [2.24, 2.45) is 7.05 Å². The molecule has 0 saturated carbocycles. The van der Waals surface area contributed by atoms with Gasteiger partial charge in [0.2, 0.25) is 5.95 Å². The number of halogens is 4. The maximum absolute atomic E-state index is 13.9. The highest BCUT2D eigenvalue weighted by Gasteiger charge is 2.31. The topological polar surface area (TPSA) is 110 Å². The summed E-state index contributed by atoms with van der Waals surface area (Å²) in [6.45, 7) is 0.529. The minimum atomic E-state index is -4.67. The average molecular weight is 536 g/mol. The Hall–Kier alpha value is -5.07. The Bertz CT molecular complexity index is 1640. The number of benzene rings is 2. The van der Waals surface area contributed by atoms with Crippen LogP contribution in [-0.4, -0.2) is 30.8 Å². The molecule has 5 rings (SSSR count). The summed E-state index contributed by atoms with van der Waals surface area (Å²) < 4.78 is 54.3. The van der Waals surface area contributed by atoms with Gasteiger partial charge in [-0.15, -0.1) is 0 Å². The Morgan fingerprint density at radius 1 is 1.00 bits per heavy atom. The summed E-state index contributed by atoms with van der Waals surface area (Å²) in [6, 6.07) is 11.2. The van der Waals surface area contributed by atoms with Gasteiger partial charge in [0, 0.05) is 43.4 Å². The lowest BCUT2D eigenvalue weighted by Gasteiger charge is -2.12. The second-order valence-corrected chi connectivity index (χ2v) is 8.46. The van der Waals surface area contributed by atoms with Gasteiger partial charge in [0.05, 0.1) is 16.6 Å². The van der Waals surface area contributed by atoms with Crippen LogP contribution in [0.25, 0.3) is 22.3 Å². The summed E-state index contributed by atoms with van der Waals surface area (Å²) in [5.41, 5.74) is 1.65. The fourth-order valence-corrected chi connectivity index (χ4v) is 3.81. The summed E-state index contributed by atoms with van der Waals surface area (Å²) in [7, 11) is 1.76. The van der Waals surface area contributed by atoms with Gasteiger partial charge in [0.15, 0.2) is 5.65 Å². The zero-order valence-electron chi connectivity index (χ0n) is 20.3. The van der Waals surface area contributed by atoms with Gasteiger partial charge in [-0.2, -0.15) is 23.3 Å². The number of aryl methyl sites for hydroxylation is 1. The Balaban J connectivity index is 1.28. The van der Waals surface area contributed by atoms with Crippen LogP contribution in [0.2, 0.25) is 0 Å². The molecule has 0 radical (unpaired) electrons. The molecule has 13 heteroatoms. The molecule has 0 atom stereocenters. The van der Waals surface area contributed by atoms with Gasteiger partial charge in [-0.05, 0) is 48.0 Å². The minimum Gasteiger partial charge on any atom is -0.350 e. The van der Waals surface area contributed by atoms with Crippen LogP contribution in [-0.2, 0) is 19.8 Å². The van der Waals surface area contributed by atoms with Crippen LogP contribution in [0.4, 0.5) is 39.7 Å². The normalized spacial score (nSPS) is 11.4. The molecule has 2 aromatic carbocycles. The third kappa shape index (κ3) is 5.76. The molecule has 0 aliphatic rings. The van der Waals surface area contributed by atoms with Crippen LogP contribution in [0, 0.1) is 5.82 Å². The lowest BCUT2D eigenvalue weighted by atomic mass is 10.1. The second-order valence-electron chi connectivity index (χ2n) is 8.46. The van der Waals surface area contributed by atoms with Gasteiger partial charge < -0.3 is 16.0 Å². The molecule has 0 bridgehead atoms. The highest BCUT2D eigenvalue weighted by Crippen LogP contribution is 2.32. The lowest BCUT2D eigenvalue weighted by Crippen LogP contribution is -2.20. The molecule has 9 nitrogen and oxygen atoms in total. The largest absolute Gasteiger partial charge is 0.416 e. The zero-order valence-corrected chi connectivity index (χ0v) is 20.3. The fraction of sp³-hybridized carbons (Fsp3) is 0.115. The molecule has 198 valence electrons. The molecular formula is C26H20F4N8O. The van der Waals surface area contributed by atoms with Crippen molar-refractivity contribution >= 4 is 34.4 Å². The Labute approximate surface area is 218 Å². The van der Waals surface area contributed by atoms with Crippen molar-refractivity contribution in [1.29, 1.82) is 0 Å². The molecule has 0 spiro atoms. The van der Waals surface area contributed by atoms with E-state index in [1.807, 2.05) is 12.1 Å². The van der Waals surface area contributed by atoms with E-state index in [1.165, 1.54) is 0 Å². The number of hydrogen-bond acceptors (Lipinski definition) is 6. The summed E-state index contributed by atoms with van der Waals surface area (Å²) in [4.78, 5) is 25.2. The molecule has 0 unspecified atom stereocenters. The first kappa shape index (κ1) is 25.6. The number of aromatic nitrogens is 5. The maximum atomic E-state index is 13.9. The SMILES string of the molecule is Cn1nc(-c2ccc(NC(=O)Nc3cc(C(F)(F)F)ccc3F)cc2)c2cnc(NCc3ccncc3)nc21. The quantitative estimate of drug-likeness (QED) is 0.235. The Morgan fingerprint density at radius 3 is 2.46 bits per heavy atom. The molecule has 3 heterocycles. The van der Waals surface area contributed by atoms with Crippen LogP contribution in [0.1, 0.15) is 11.1 Å². The van der Waals surface area contributed by atoms with Gasteiger partial charge in [-0.3, -0.25) is 4.98 Å². The number of carbonyl (C=O) groups excluding carboxylic acids is 1. The van der Waals surface area contributed by atoms with E-state index in [4.69, 9.17) is 0 Å². The molecule has 2 amide bonds. The van der Waals surface area contributed by atoms with E-state index >= 15 is 0 Å². The predicted molar refractivity (Wildman–Crippen MR) is 137 cm³/mol. The molecule has 39 heavy (non-hydrogen) atoms. The number of nitrogens with one attached hydrogen (secondary N) is 3. The number of carbonyl (C=O) groups is 1. The number of anilines is 3. The molecule has 0 saturated heterocycles. The first-order valence-corrected chi connectivity index (χ1v) is 11.5. The first-order chi connectivity index (χ1) is 18.7. The number of alkyl halides is 3. The predicted octanol–water partition coefficient (Wildman–Crippen LogP) is 5.84. The highest BCUT2D eigenvalue weighted by molar-refractivity contribution is 6.00. The standard InChI is InChI=1S/C26H20F4N8O/c1-38-23-19(14-33-24(36-23)32-13-15-8-10-31-11-9-15)22(37-38)16-2-5-18(6-3-16)34-25(39)35-21-12-17(26(28,29)30)4-7-20(21)27/h2-12,14H,13H2,1H3,(H,32,33,36)(H2,34,35,39). The lowest BCUT2D eigenvalue weighted by molar-refractivity contribution is -0.137. The van der Waals surface area contributed by atoms with E-state index < -0.39 is 29.3 Å². The number of rotatable bonds is 6. The second kappa shape index (κ2) is 10.4. The van der Waals surface area contributed by atoms with Gasteiger partial charge in [0.1, 0.15) is 11.5 Å². The van der Waals surface area contributed by atoms with Gasteiger partial charge in [-0.1, -0.05) is 12.1 Å². The van der Waals surface area contributed by atoms with Crippen molar-refractivity contribution in [3.63, 3.8) is 0 Å². The maximum Gasteiger partial charge on any atom is 0.416 e. The summed E-state index contributed by atoms with van der Waals surface area (Å²) in [6.07, 6.45) is 0.410. The zero-order chi connectivity index (χ0) is 27.6. The third-order valence-corrected chi connectivity index (χ3v) is 5.74. The molecule has 0 fully saturated rings. The van der Waals surface area contributed by atoms with E-state index in [0.29, 0.717) is 53.1 Å². The average Bonchev–Trinajstić information content (AvgIpc) is 3.25. The van der Waals surface area contributed by atoms with Crippen molar-refractivity contribution in [3.05, 3.63) is 90.1 Å². The Morgan fingerprint density at radius 2 is 1.74 bits per heavy atom. The molecule has 0 aliphatic carbocycles. The number of urea groups is 1. The molecule has 3 aromatic heterocycles. The van der Waals surface area contributed by atoms with E-state index in [0.717, 1.165) is 11.1 Å². The fourth-order valence-electron chi connectivity index (χ4n) is 3.81.